The minimum Gasteiger partial charge on any atom is -0.375 e. The van der Waals surface area contributed by atoms with Gasteiger partial charge in [0.25, 0.3) is 0 Å². The number of rotatable bonds is 7. The Balaban J connectivity index is 1.46. The third kappa shape index (κ3) is 4.43. The summed E-state index contributed by atoms with van der Waals surface area (Å²) in [5.41, 5.74) is 2.84. The van der Waals surface area contributed by atoms with Crippen LogP contribution in [0.5, 0.6) is 0 Å². The molecule has 0 N–H and O–H groups in total. The van der Waals surface area contributed by atoms with Gasteiger partial charge < -0.3 is 4.74 Å². The number of hydrogen-bond acceptors (Lipinski definition) is 1. The highest BCUT2D eigenvalue weighted by Crippen LogP contribution is 2.67. The minimum atomic E-state index is 0.361. The van der Waals surface area contributed by atoms with Crippen LogP contribution >= 0.6 is 0 Å². The van der Waals surface area contributed by atoms with Crippen LogP contribution in [0.4, 0.5) is 0 Å². The van der Waals surface area contributed by atoms with Crippen molar-refractivity contribution in [2.45, 2.75) is 131 Å². The van der Waals surface area contributed by atoms with E-state index in [1.165, 1.54) is 70.6 Å². The highest BCUT2D eigenvalue weighted by Gasteiger charge is 2.59. The first-order chi connectivity index (χ1) is 14.6. The van der Waals surface area contributed by atoms with Crippen molar-refractivity contribution in [2.75, 3.05) is 0 Å². The minimum absolute atomic E-state index is 0.361. The molecule has 3 fully saturated rings. The maximum absolute atomic E-state index is 6.25. The van der Waals surface area contributed by atoms with Crippen molar-refractivity contribution in [2.24, 2.45) is 46.3 Å². The first-order valence-electron chi connectivity index (χ1n) is 14.0. The monoisotopic (exact) mass is 428 g/mol. The van der Waals surface area contributed by atoms with E-state index in [1.54, 1.807) is 5.57 Å². The highest BCUT2D eigenvalue weighted by atomic mass is 16.5. The van der Waals surface area contributed by atoms with Crippen LogP contribution in [0, 0.1) is 46.3 Å². The quantitative estimate of drug-likeness (QED) is 0.368. The van der Waals surface area contributed by atoms with Gasteiger partial charge in [-0.3, -0.25) is 0 Å². The van der Waals surface area contributed by atoms with Crippen molar-refractivity contribution in [3.05, 3.63) is 11.6 Å². The molecule has 0 spiro atoms. The van der Waals surface area contributed by atoms with Crippen molar-refractivity contribution in [3.63, 3.8) is 0 Å². The fourth-order valence-corrected chi connectivity index (χ4v) is 9.15. The standard InChI is InChI=1S/C30H52O/c1-20(2)9-8-10-22(5)26-13-14-27-25-12-11-23-19-24(31-21(3)4)15-17-29(23,6)28(25)16-18-30(26,27)7/h11,20-22,24-28H,8-10,12-19H2,1-7H3/t22-,24?,25?,26-,27?,28?,29+,30-/m1/s1. The molecule has 3 saturated carbocycles. The number of allylic oxidation sites excluding steroid dienone is 1. The molecule has 0 radical (unpaired) electrons. The zero-order valence-corrected chi connectivity index (χ0v) is 21.9. The molecule has 31 heavy (non-hydrogen) atoms. The second-order valence-electron chi connectivity index (χ2n) is 13.3. The molecule has 4 aliphatic rings. The summed E-state index contributed by atoms with van der Waals surface area (Å²) in [4.78, 5) is 0. The third-order valence-electron chi connectivity index (χ3n) is 10.7. The van der Waals surface area contributed by atoms with Crippen LogP contribution in [-0.4, -0.2) is 12.2 Å². The molecule has 0 aliphatic heterocycles. The predicted octanol–water partition coefficient (Wildman–Crippen LogP) is 8.82. The van der Waals surface area contributed by atoms with Gasteiger partial charge in [0.1, 0.15) is 0 Å². The molecule has 0 amide bonds. The molecular formula is C30H52O. The van der Waals surface area contributed by atoms with E-state index in [-0.39, 0.29) is 0 Å². The van der Waals surface area contributed by atoms with Crippen LogP contribution in [-0.2, 0) is 4.74 Å². The summed E-state index contributed by atoms with van der Waals surface area (Å²) in [5.74, 6) is 5.60. The fourth-order valence-electron chi connectivity index (χ4n) is 9.15. The zero-order valence-electron chi connectivity index (χ0n) is 21.9. The second kappa shape index (κ2) is 9.15. The molecular weight excluding hydrogens is 376 g/mol. The Morgan fingerprint density at radius 1 is 0.935 bits per heavy atom. The van der Waals surface area contributed by atoms with Gasteiger partial charge >= 0.3 is 0 Å². The third-order valence-corrected chi connectivity index (χ3v) is 10.7. The maximum Gasteiger partial charge on any atom is 0.0616 e. The lowest BCUT2D eigenvalue weighted by molar-refractivity contribution is -0.0707. The van der Waals surface area contributed by atoms with Crippen molar-refractivity contribution < 1.29 is 4.74 Å². The van der Waals surface area contributed by atoms with E-state index >= 15 is 0 Å². The number of fused-ring (bicyclic) bond motifs is 5. The Labute approximate surface area is 194 Å². The summed E-state index contributed by atoms with van der Waals surface area (Å²) < 4.78 is 6.25. The molecule has 0 aromatic rings. The van der Waals surface area contributed by atoms with Gasteiger partial charge in [-0.25, -0.2) is 0 Å². The molecule has 4 unspecified atom stereocenters. The van der Waals surface area contributed by atoms with Crippen LogP contribution in [0.3, 0.4) is 0 Å². The molecule has 1 nitrogen and oxygen atoms in total. The molecule has 178 valence electrons. The topological polar surface area (TPSA) is 9.23 Å². The molecule has 4 aliphatic carbocycles. The summed E-state index contributed by atoms with van der Waals surface area (Å²) in [5, 5.41) is 0. The lowest BCUT2D eigenvalue weighted by Gasteiger charge is -2.58. The van der Waals surface area contributed by atoms with Crippen molar-refractivity contribution in [3.8, 4) is 0 Å². The molecule has 0 saturated heterocycles. The van der Waals surface area contributed by atoms with Crippen molar-refractivity contribution in [1.82, 2.24) is 0 Å². The van der Waals surface area contributed by atoms with Gasteiger partial charge in [-0.05, 0) is 112 Å². The molecule has 0 aromatic heterocycles. The van der Waals surface area contributed by atoms with Gasteiger partial charge in [-0.1, -0.05) is 65.5 Å². The van der Waals surface area contributed by atoms with Crippen molar-refractivity contribution >= 4 is 0 Å². The molecule has 0 bridgehead atoms. The predicted molar refractivity (Wildman–Crippen MR) is 133 cm³/mol. The van der Waals surface area contributed by atoms with E-state index in [1.807, 2.05) is 0 Å². The Hall–Kier alpha value is -0.300. The lowest BCUT2D eigenvalue weighted by atomic mass is 9.47. The number of ether oxygens (including phenoxy) is 1. The van der Waals surface area contributed by atoms with Crippen LogP contribution in [0.2, 0.25) is 0 Å². The first-order valence-corrected chi connectivity index (χ1v) is 14.0. The van der Waals surface area contributed by atoms with E-state index in [4.69, 9.17) is 4.74 Å². The Bertz CT molecular complexity index is 647. The van der Waals surface area contributed by atoms with Crippen LogP contribution in [0.25, 0.3) is 0 Å². The molecule has 1 heteroatoms. The SMILES string of the molecule is CC(C)CCC[C@@H](C)[C@H]1CCC2C3CC=C4CC(OC(C)C)CC[C@]4(C)C3CC[C@@]21C. The average Bonchev–Trinajstić information content (AvgIpc) is 3.05. The molecule has 0 aromatic carbocycles. The van der Waals surface area contributed by atoms with Gasteiger partial charge in [-0.2, -0.15) is 0 Å². The van der Waals surface area contributed by atoms with Gasteiger partial charge in [0.15, 0.2) is 0 Å². The first kappa shape index (κ1) is 23.8. The smallest absolute Gasteiger partial charge is 0.0616 e. The second-order valence-corrected chi connectivity index (χ2v) is 13.3. The molecule has 4 rings (SSSR count). The zero-order chi connectivity index (χ0) is 22.4. The van der Waals surface area contributed by atoms with E-state index in [0.29, 0.717) is 23.0 Å². The lowest BCUT2D eigenvalue weighted by Crippen LogP contribution is -2.51. The highest BCUT2D eigenvalue weighted by molar-refractivity contribution is 5.25. The summed E-state index contributed by atoms with van der Waals surface area (Å²) in [6.07, 6.45) is 19.0. The Morgan fingerprint density at radius 3 is 2.42 bits per heavy atom. The molecule has 0 heterocycles. The Kier molecular flexibility index (Phi) is 7.04. The van der Waals surface area contributed by atoms with E-state index < -0.39 is 0 Å². The summed E-state index contributed by atoms with van der Waals surface area (Å²) in [6.45, 7) is 17.1. The van der Waals surface area contributed by atoms with Gasteiger partial charge in [0.05, 0.1) is 12.2 Å². The van der Waals surface area contributed by atoms with Gasteiger partial charge in [0, 0.05) is 0 Å². The van der Waals surface area contributed by atoms with Gasteiger partial charge in [-0.15, -0.1) is 0 Å². The Morgan fingerprint density at radius 2 is 1.71 bits per heavy atom. The maximum atomic E-state index is 6.25. The van der Waals surface area contributed by atoms with Crippen LogP contribution in [0.1, 0.15) is 119 Å². The van der Waals surface area contributed by atoms with Crippen molar-refractivity contribution in [1.29, 1.82) is 0 Å². The molecule has 8 atom stereocenters. The summed E-state index contributed by atoms with van der Waals surface area (Å²) in [7, 11) is 0. The average molecular weight is 429 g/mol. The normalized spacial score (nSPS) is 43.4. The van der Waals surface area contributed by atoms with Crippen LogP contribution < -0.4 is 0 Å². The van der Waals surface area contributed by atoms with E-state index in [0.717, 1.165) is 35.5 Å². The summed E-state index contributed by atoms with van der Waals surface area (Å²) >= 11 is 0. The summed E-state index contributed by atoms with van der Waals surface area (Å²) in [6, 6.07) is 0. The number of hydrogen-bond donors (Lipinski definition) is 0. The van der Waals surface area contributed by atoms with Gasteiger partial charge in [0.2, 0.25) is 0 Å². The van der Waals surface area contributed by atoms with E-state index in [2.05, 4.69) is 54.5 Å². The fraction of sp³-hybridized carbons (Fsp3) is 0.933. The van der Waals surface area contributed by atoms with Crippen LogP contribution in [0.15, 0.2) is 11.6 Å². The van der Waals surface area contributed by atoms with E-state index in [9.17, 15) is 0 Å². The largest absolute Gasteiger partial charge is 0.375 e.